The first-order valence-corrected chi connectivity index (χ1v) is 57.9. The van der Waals surface area contributed by atoms with Gasteiger partial charge >= 0.3 is 0 Å². The van der Waals surface area contributed by atoms with Crippen molar-refractivity contribution in [2.45, 2.75) is 599 Å². The van der Waals surface area contributed by atoms with Gasteiger partial charge in [-0.25, -0.2) is 0 Å². The van der Waals surface area contributed by atoms with Crippen molar-refractivity contribution in [2.24, 2.45) is 94.7 Å². The predicted molar refractivity (Wildman–Crippen MR) is 571 cm³/mol. The molecule has 124 heavy (non-hydrogen) atoms. The Balaban J connectivity index is 0.000000711. The molecule has 8 aliphatic carbocycles. The average Bonchev–Trinajstić information content (AvgIpc) is 0.981. The molecule has 0 saturated heterocycles. The van der Waals surface area contributed by atoms with E-state index in [9.17, 15) is 0 Å². The molecule has 728 valence electrons. The molecular formula is C124H232. The van der Waals surface area contributed by atoms with Crippen LogP contribution in [0.3, 0.4) is 0 Å². The van der Waals surface area contributed by atoms with Gasteiger partial charge in [0.15, 0.2) is 0 Å². The summed E-state index contributed by atoms with van der Waals surface area (Å²) in [4.78, 5) is 0. The van der Waals surface area contributed by atoms with E-state index >= 15 is 0 Å². The SMILES string of the molecule is C/C=C/C1CCC(CCC)CC1.C/C=C/C1CCC(CCCC)CC1.C/C=C/C1CCC(CCCCC)CC1.C/C=C/C1CCC(CCCCCC)CC1.C/C=C/C1CCC(CCCCCCC)CC1.C/C=C/C1CCC(CCCCCCCC)CC1.C/C=C/C1CCC(CCCCCCCCC)CC1.C/C=C/C1CCC(CCCCCCCCCC)CC1. The second-order valence-electron chi connectivity index (χ2n) is 42.7. The fourth-order valence-electron chi connectivity index (χ4n) is 23.2. The fraction of sp³-hybridized carbons (Fsp3) is 0.871. The van der Waals surface area contributed by atoms with E-state index < -0.39 is 0 Å². The molecule has 8 fully saturated rings. The Morgan fingerprint density at radius 1 is 0.121 bits per heavy atom. The zero-order chi connectivity index (χ0) is 90.3. The lowest BCUT2D eigenvalue weighted by molar-refractivity contribution is 0.288. The maximum absolute atomic E-state index is 2.42. The number of unbranched alkanes of at least 4 members (excludes halogenated alkanes) is 28. The molecule has 0 amide bonds. The Labute approximate surface area is 785 Å². The third-order valence-electron chi connectivity index (χ3n) is 31.6. The third kappa shape index (κ3) is 71.6. The molecule has 0 heterocycles. The number of hydrogen-bond donors (Lipinski definition) is 0. The van der Waals surface area contributed by atoms with Crippen LogP contribution in [0.5, 0.6) is 0 Å². The quantitative estimate of drug-likeness (QED) is 0.0421. The van der Waals surface area contributed by atoms with Gasteiger partial charge in [0, 0.05) is 0 Å². The van der Waals surface area contributed by atoms with Crippen molar-refractivity contribution in [1.29, 1.82) is 0 Å². The Hall–Kier alpha value is -2.08. The van der Waals surface area contributed by atoms with E-state index in [1.807, 2.05) is 0 Å². The Morgan fingerprint density at radius 2 is 0.234 bits per heavy atom. The lowest BCUT2D eigenvalue weighted by Gasteiger charge is -2.26. The molecule has 0 N–H and O–H groups in total. The molecule has 0 spiro atoms. The minimum absolute atomic E-state index is 0.903. The molecule has 8 saturated carbocycles. The molecule has 0 aliphatic heterocycles. The van der Waals surface area contributed by atoms with Gasteiger partial charge in [0.2, 0.25) is 0 Å². The van der Waals surface area contributed by atoms with Gasteiger partial charge in [0.25, 0.3) is 0 Å². The summed E-state index contributed by atoms with van der Waals surface area (Å²) in [5, 5.41) is 0. The van der Waals surface area contributed by atoms with Crippen molar-refractivity contribution in [1.82, 2.24) is 0 Å². The van der Waals surface area contributed by atoms with Crippen molar-refractivity contribution in [3.8, 4) is 0 Å². The van der Waals surface area contributed by atoms with Gasteiger partial charge in [-0.3, -0.25) is 0 Å². The van der Waals surface area contributed by atoms with E-state index in [0.717, 1.165) is 94.7 Å². The molecule has 0 unspecified atom stereocenters. The van der Waals surface area contributed by atoms with E-state index in [4.69, 9.17) is 0 Å². The molecule has 8 rings (SSSR count). The Bertz CT molecular complexity index is 2320. The zero-order valence-corrected chi connectivity index (χ0v) is 88.2. The van der Waals surface area contributed by atoms with Gasteiger partial charge in [-0.15, -0.1) is 0 Å². The number of hydrogen-bond acceptors (Lipinski definition) is 0. The van der Waals surface area contributed by atoms with Crippen molar-refractivity contribution < 1.29 is 0 Å². The van der Waals surface area contributed by atoms with Gasteiger partial charge < -0.3 is 0 Å². The largest absolute Gasteiger partial charge is 0.0914 e. The Morgan fingerprint density at radius 3 is 0.379 bits per heavy atom. The molecular weight excluding hydrogens is 1490 g/mol. The topological polar surface area (TPSA) is 0 Å². The van der Waals surface area contributed by atoms with Gasteiger partial charge in [0.05, 0.1) is 0 Å². The summed E-state index contributed by atoms with van der Waals surface area (Å²) < 4.78 is 0. The van der Waals surface area contributed by atoms with Crippen LogP contribution in [0.4, 0.5) is 0 Å². The third-order valence-corrected chi connectivity index (χ3v) is 31.6. The molecule has 0 aromatic heterocycles. The van der Waals surface area contributed by atoms with Crippen LogP contribution in [0.1, 0.15) is 599 Å². The van der Waals surface area contributed by atoms with Crippen molar-refractivity contribution in [3.63, 3.8) is 0 Å². The summed E-state index contributed by atoms with van der Waals surface area (Å²) in [6, 6.07) is 0. The van der Waals surface area contributed by atoms with Gasteiger partial charge in [-0.1, -0.05) is 435 Å². The summed E-state index contributed by atoms with van der Waals surface area (Å²) in [5.74, 6) is 15.7. The van der Waals surface area contributed by atoms with Crippen molar-refractivity contribution in [2.75, 3.05) is 0 Å². The van der Waals surface area contributed by atoms with Crippen molar-refractivity contribution in [3.05, 3.63) is 97.2 Å². The monoisotopic (exact) mass is 1720 g/mol. The highest BCUT2D eigenvalue weighted by Crippen LogP contribution is 2.40. The summed E-state index contributed by atoms with van der Waals surface area (Å²) in [7, 11) is 0. The van der Waals surface area contributed by atoms with E-state index in [0.29, 0.717) is 0 Å². The molecule has 0 aromatic rings. The van der Waals surface area contributed by atoms with Gasteiger partial charge in [-0.05, 0) is 356 Å². The standard InChI is InChI=1S/C19H36.C18H34.C17H32.C16H30.C15H28.C14H26.C13H24.C12H22/c1-3-5-6-7-8-9-10-11-13-19-16-14-18(12-4-2)15-17-19;1-3-5-6-7-8-9-10-12-18-15-13-17(11-4-2)14-16-18;1-3-5-6-7-8-9-11-17-14-12-16(10-4-2)13-15-17;1-3-5-6-7-8-10-16-13-11-15(9-4-2)12-14-16;1-3-5-6-7-9-15-12-10-14(8-4-2)11-13-15;1-3-5-6-8-14-11-9-13(7-4-2)10-12-14;1-3-5-7-13-10-8-12(6-4-2)9-11-13;1-3-5-11-7-9-12(6-4-2)10-8-11/h4,12,18-19H,3,5-11,13-17H2,1-2H3;4,11,17-18H,3,5-10,12-16H2,1-2H3;4,10,16-17H,3,5-9,11-15H2,1-2H3;4,9,15-16H,3,5-8,10-14H2,1-2H3;4,8,14-15H,3,5-7,9-13H2,1-2H3;4,7,13-14H,3,5-6,8-12H2,1-2H3;4,6,12-13H,3,5,7-11H2,1-2H3;3,5,11-12H,4,6-10H2,1-2H3/b12-4+;11-4+;10-4+;9-4+;8-4+;7-4+;6-4+;5-3+. The number of allylic oxidation sites excluding steroid dienone is 16. The summed E-state index contributed by atoms with van der Waals surface area (Å²) in [5.41, 5.74) is 0. The van der Waals surface area contributed by atoms with E-state index in [2.05, 4.69) is 208 Å². The summed E-state index contributed by atoms with van der Waals surface area (Å²) in [6.45, 7) is 35.6. The highest BCUT2D eigenvalue weighted by molar-refractivity contribution is 4.95. The van der Waals surface area contributed by atoms with Crippen LogP contribution >= 0.6 is 0 Å². The van der Waals surface area contributed by atoms with Crippen LogP contribution in [-0.4, -0.2) is 0 Å². The molecule has 0 nitrogen and oxygen atoms in total. The van der Waals surface area contributed by atoms with Crippen LogP contribution in [0.15, 0.2) is 97.2 Å². The molecule has 0 radical (unpaired) electrons. The predicted octanol–water partition coefficient (Wildman–Crippen LogP) is 44.3. The van der Waals surface area contributed by atoms with E-state index in [1.165, 1.54) is 488 Å². The van der Waals surface area contributed by atoms with E-state index in [1.54, 1.807) is 0 Å². The molecule has 0 bridgehead atoms. The maximum Gasteiger partial charge on any atom is -0.0233 e. The highest BCUT2D eigenvalue weighted by Gasteiger charge is 2.26. The highest BCUT2D eigenvalue weighted by atomic mass is 14.3. The summed E-state index contributed by atoms with van der Waals surface area (Å²) >= 11 is 0. The van der Waals surface area contributed by atoms with Crippen LogP contribution in [0, 0.1) is 94.7 Å². The van der Waals surface area contributed by atoms with Crippen molar-refractivity contribution >= 4 is 0 Å². The first-order chi connectivity index (χ1) is 60.9. The van der Waals surface area contributed by atoms with Crippen LogP contribution in [0.25, 0.3) is 0 Å². The first kappa shape index (κ1) is 120. The first-order valence-electron chi connectivity index (χ1n) is 57.9. The lowest BCUT2D eigenvalue weighted by Crippen LogP contribution is -2.12. The summed E-state index contributed by atoms with van der Waals surface area (Å²) in [6.07, 6.45) is 148. The second kappa shape index (κ2) is 91.4. The molecule has 0 aromatic carbocycles. The lowest BCUT2D eigenvalue weighted by atomic mass is 9.79. The van der Waals surface area contributed by atoms with Crippen LogP contribution in [-0.2, 0) is 0 Å². The van der Waals surface area contributed by atoms with E-state index in [-0.39, 0.29) is 0 Å². The fourth-order valence-corrected chi connectivity index (χ4v) is 23.2. The molecule has 0 atom stereocenters. The molecule has 0 heteroatoms. The van der Waals surface area contributed by atoms with Gasteiger partial charge in [0.1, 0.15) is 0 Å². The molecule has 8 aliphatic rings. The van der Waals surface area contributed by atoms with Crippen LogP contribution in [0.2, 0.25) is 0 Å². The minimum Gasteiger partial charge on any atom is -0.0914 e. The average molecular weight is 1720 g/mol. The maximum atomic E-state index is 2.42. The number of rotatable bonds is 52. The van der Waals surface area contributed by atoms with Gasteiger partial charge in [-0.2, -0.15) is 0 Å². The normalized spacial score (nSPS) is 26.8. The Kier molecular flexibility index (Phi) is 88.4. The second-order valence-corrected chi connectivity index (χ2v) is 42.7. The van der Waals surface area contributed by atoms with Crippen LogP contribution < -0.4 is 0 Å². The minimum atomic E-state index is 0.903. The smallest absolute Gasteiger partial charge is 0.0233 e. The zero-order valence-electron chi connectivity index (χ0n) is 88.2.